The van der Waals surface area contributed by atoms with Crippen molar-refractivity contribution >= 4 is 13.5 Å². The molecule has 17 heavy (non-hydrogen) atoms. The van der Waals surface area contributed by atoms with Gasteiger partial charge in [-0.05, 0) is 19.8 Å². The third kappa shape index (κ3) is 5.54. The highest BCUT2D eigenvalue weighted by molar-refractivity contribution is 7.53. The Balaban J connectivity index is 2.41. The van der Waals surface area contributed by atoms with E-state index < -0.39 is 7.60 Å². The first kappa shape index (κ1) is 14.5. The van der Waals surface area contributed by atoms with Crippen LogP contribution in [0.5, 0.6) is 0 Å². The zero-order valence-electron chi connectivity index (χ0n) is 10.7. The maximum Gasteiger partial charge on any atom is 0.378 e. The second kappa shape index (κ2) is 7.71. The second-order valence-corrected chi connectivity index (χ2v) is 6.44. The van der Waals surface area contributed by atoms with Gasteiger partial charge in [-0.1, -0.05) is 26.2 Å². The Morgan fingerprint density at radius 2 is 2.06 bits per heavy atom. The van der Waals surface area contributed by atoms with Crippen molar-refractivity contribution in [1.29, 1.82) is 0 Å². The standard InChI is InChI=1S/C12H22NO3P/c1-3-15-17(14,4-2)16-11-10-13-12-8-6-5-7-9-12/h11-12H,3-9H2,1-2H3. The van der Waals surface area contributed by atoms with Crippen molar-refractivity contribution in [3.05, 3.63) is 6.26 Å². The lowest BCUT2D eigenvalue weighted by molar-refractivity contribution is 0.264. The third-order valence-electron chi connectivity index (χ3n) is 2.81. The molecule has 0 spiro atoms. The van der Waals surface area contributed by atoms with E-state index in [0.29, 0.717) is 18.8 Å². The van der Waals surface area contributed by atoms with Gasteiger partial charge in [0.1, 0.15) is 0 Å². The molecule has 1 atom stereocenters. The first-order valence-electron chi connectivity index (χ1n) is 6.39. The Kier molecular flexibility index (Phi) is 6.57. The summed E-state index contributed by atoms with van der Waals surface area (Å²) in [6.45, 7) is 3.97. The highest BCUT2D eigenvalue weighted by Gasteiger charge is 2.20. The Labute approximate surface area is 104 Å². The number of hydrogen-bond acceptors (Lipinski definition) is 4. The van der Waals surface area contributed by atoms with Crippen molar-refractivity contribution in [3.63, 3.8) is 0 Å². The molecule has 98 valence electrons. The summed E-state index contributed by atoms with van der Waals surface area (Å²) < 4.78 is 22.1. The molecule has 0 radical (unpaired) electrons. The van der Waals surface area contributed by atoms with Crippen LogP contribution >= 0.6 is 7.60 Å². The van der Waals surface area contributed by atoms with E-state index in [1.807, 2.05) is 0 Å². The van der Waals surface area contributed by atoms with Gasteiger partial charge in [0.2, 0.25) is 0 Å². The molecule has 0 aromatic carbocycles. The highest BCUT2D eigenvalue weighted by Crippen LogP contribution is 2.47. The Bertz CT molecular complexity index is 318. The molecular weight excluding hydrogens is 237 g/mol. The molecule has 5 heteroatoms. The number of hydrogen-bond donors (Lipinski definition) is 0. The van der Waals surface area contributed by atoms with Gasteiger partial charge in [-0.15, -0.1) is 0 Å². The lowest BCUT2D eigenvalue weighted by atomic mass is 9.96. The van der Waals surface area contributed by atoms with Crippen LogP contribution in [0.3, 0.4) is 0 Å². The highest BCUT2D eigenvalue weighted by atomic mass is 31.2. The summed E-state index contributed by atoms with van der Waals surface area (Å²) in [6, 6.07) is 0.358. The summed E-state index contributed by atoms with van der Waals surface area (Å²) in [5.41, 5.74) is 0. The molecule has 0 saturated heterocycles. The van der Waals surface area contributed by atoms with Crippen molar-refractivity contribution in [2.24, 2.45) is 4.99 Å². The van der Waals surface area contributed by atoms with Crippen LogP contribution in [-0.2, 0) is 13.6 Å². The minimum Gasteiger partial charge on any atom is -0.422 e. The van der Waals surface area contributed by atoms with Gasteiger partial charge < -0.3 is 9.05 Å². The van der Waals surface area contributed by atoms with Crippen LogP contribution in [0.15, 0.2) is 11.3 Å². The van der Waals surface area contributed by atoms with Crippen molar-refractivity contribution in [2.75, 3.05) is 12.8 Å². The molecule has 1 saturated carbocycles. The third-order valence-corrected chi connectivity index (χ3v) is 4.66. The molecule has 1 rings (SSSR count). The van der Waals surface area contributed by atoms with Gasteiger partial charge in [0.15, 0.2) is 6.26 Å². The van der Waals surface area contributed by atoms with E-state index in [4.69, 9.17) is 9.05 Å². The van der Waals surface area contributed by atoms with E-state index in [9.17, 15) is 4.57 Å². The summed E-state index contributed by atoms with van der Waals surface area (Å²) >= 11 is 0. The molecule has 0 aliphatic heterocycles. The molecule has 4 nitrogen and oxygen atoms in total. The predicted molar refractivity (Wildman–Crippen MR) is 69.7 cm³/mol. The zero-order valence-corrected chi connectivity index (χ0v) is 11.6. The number of aliphatic imine (C=N–C) groups is 1. The SMILES string of the molecule is CCOP(=O)(CC)OC=C=NC1CCCCC1. The maximum atomic E-state index is 11.9. The number of nitrogens with zero attached hydrogens (tertiary/aromatic N) is 1. The molecule has 0 N–H and O–H groups in total. The minimum atomic E-state index is -2.95. The Morgan fingerprint density at radius 1 is 1.35 bits per heavy atom. The first-order chi connectivity index (χ1) is 8.20. The van der Waals surface area contributed by atoms with Crippen LogP contribution in [-0.4, -0.2) is 24.7 Å². The number of rotatable bonds is 6. The van der Waals surface area contributed by atoms with Gasteiger partial charge in [-0.25, -0.2) is 9.56 Å². The zero-order chi connectivity index (χ0) is 12.6. The summed E-state index contributed by atoms with van der Waals surface area (Å²) in [6.07, 6.45) is 7.68. The van der Waals surface area contributed by atoms with E-state index in [1.54, 1.807) is 13.8 Å². The summed E-state index contributed by atoms with van der Waals surface area (Å²) in [7, 11) is -2.95. The molecule has 1 aliphatic rings. The average molecular weight is 259 g/mol. The lowest BCUT2D eigenvalue weighted by Crippen LogP contribution is -2.08. The molecule has 0 aromatic rings. The minimum absolute atomic E-state index is 0.358. The fourth-order valence-corrected chi connectivity index (χ4v) is 2.84. The van der Waals surface area contributed by atoms with Crippen molar-refractivity contribution in [3.8, 4) is 0 Å². The molecule has 1 unspecified atom stereocenters. The van der Waals surface area contributed by atoms with E-state index in [-0.39, 0.29) is 0 Å². The largest absolute Gasteiger partial charge is 0.422 e. The van der Waals surface area contributed by atoms with E-state index >= 15 is 0 Å². The van der Waals surface area contributed by atoms with Crippen molar-refractivity contribution in [1.82, 2.24) is 0 Å². The van der Waals surface area contributed by atoms with E-state index in [2.05, 4.69) is 10.9 Å². The monoisotopic (exact) mass is 259 g/mol. The molecule has 0 bridgehead atoms. The average Bonchev–Trinajstić information content (AvgIpc) is 2.36. The van der Waals surface area contributed by atoms with Gasteiger partial charge in [0.25, 0.3) is 0 Å². The van der Waals surface area contributed by atoms with E-state index in [0.717, 1.165) is 12.8 Å². The Hall–Kier alpha value is -0.560. The summed E-state index contributed by atoms with van der Waals surface area (Å²) in [5, 5.41) is 0. The summed E-state index contributed by atoms with van der Waals surface area (Å²) in [5.74, 6) is 2.73. The maximum absolute atomic E-state index is 11.9. The second-order valence-electron chi connectivity index (χ2n) is 4.12. The molecule has 1 aliphatic carbocycles. The van der Waals surface area contributed by atoms with Gasteiger partial charge in [0.05, 0.1) is 18.8 Å². The molecule has 0 heterocycles. The fraction of sp³-hybridized carbons (Fsp3) is 0.833. The summed E-state index contributed by atoms with van der Waals surface area (Å²) in [4.78, 5) is 4.27. The topological polar surface area (TPSA) is 47.9 Å². The van der Waals surface area contributed by atoms with Gasteiger partial charge >= 0.3 is 7.60 Å². The van der Waals surface area contributed by atoms with Gasteiger partial charge in [0, 0.05) is 5.87 Å². The first-order valence-corrected chi connectivity index (χ1v) is 8.12. The van der Waals surface area contributed by atoms with Gasteiger partial charge in [-0.3, -0.25) is 0 Å². The van der Waals surface area contributed by atoms with Crippen LogP contribution in [0.2, 0.25) is 0 Å². The molecule has 0 amide bonds. The fourth-order valence-electron chi connectivity index (χ4n) is 1.84. The molecule has 1 fully saturated rings. The Morgan fingerprint density at radius 3 is 2.65 bits per heavy atom. The molecular formula is C12H22NO3P. The predicted octanol–water partition coefficient (Wildman–Crippen LogP) is 3.77. The van der Waals surface area contributed by atoms with Crippen molar-refractivity contribution in [2.45, 2.75) is 52.0 Å². The van der Waals surface area contributed by atoms with Crippen LogP contribution < -0.4 is 0 Å². The van der Waals surface area contributed by atoms with Crippen molar-refractivity contribution < 1.29 is 13.6 Å². The van der Waals surface area contributed by atoms with Gasteiger partial charge in [-0.2, -0.15) is 0 Å². The quantitative estimate of drug-likeness (QED) is 0.414. The normalized spacial score (nSPS) is 20.1. The van der Waals surface area contributed by atoms with Crippen LogP contribution in [0.4, 0.5) is 0 Å². The van der Waals surface area contributed by atoms with Crippen LogP contribution in [0, 0.1) is 0 Å². The van der Waals surface area contributed by atoms with E-state index in [1.165, 1.54) is 25.5 Å². The molecule has 0 aromatic heterocycles. The van der Waals surface area contributed by atoms with Crippen LogP contribution in [0.1, 0.15) is 46.0 Å². The van der Waals surface area contributed by atoms with Crippen LogP contribution in [0.25, 0.3) is 0 Å². The smallest absolute Gasteiger partial charge is 0.378 e. The lowest BCUT2D eigenvalue weighted by Gasteiger charge is -2.16.